The summed E-state index contributed by atoms with van der Waals surface area (Å²) >= 11 is 0. The standard InChI is InChI=1S/C11H17N5O/c12-8-7-6-11(2-1-4-14-5-3-11)17-9(7)16-10(13)15-8/h14H,1-6H2,(H4,12,13,15,16)/t11-/m1/s1. The molecule has 6 heteroatoms. The lowest BCUT2D eigenvalue weighted by Crippen LogP contribution is -2.35. The summed E-state index contributed by atoms with van der Waals surface area (Å²) in [4.78, 5) is 8.13. The zero-order valence-electron chi connectivity index (χ0n) is 9.70. The van der Waals surface area contributed by atoms with E-state index in [1.807, 2.05) is 0 Å². The van der Waals surface area contributed by atoms with Crippen molar-refractivity contribution in [1.82, 2.24) is 15.3 Å². The molecule has 0 aliphatic carbocycles. The first-order valence-corrected chi connectivity index (χ1v) is 6.00. The number of ether oxygens (including phenoxy) is 1. The number of anilines is 2. The minimum Gasteiger partial charge on any atom is -0.470 e. The van der Waals surface area contributed by atoms with Gasteiger partial charge in [-0.05, 0) is 32.4 Å². The highest BCUT2D eigenvalue weighted by atomic mass is 16.5. The Morgan fingerprint density at radius 3 is 2.94 bits per heavy atom. The molecule has 17 heavy (non-hydrogen) atoms. The molecule has 1 aromatic rings. The largest absolute Gasteiger partial charge is 0.470 e. The van der Waals surface area contributed by atoms with Gasteiger partial charge in [-0.1, -0.05) is 0 Å². The molecule has 0 bridgehead atoms. The van der Waals surface area contributed by atoms with Crippen LogP contribution in [-0.2, 0) is 6.42 Å². The highest BCUT2D eigenvalue weighted by Crippen LogP contribution is 2.41. The van der Waals surface area contributed by atoms with Crippen LogP contribution in [0.25, 0.3) is 0 Å². The van der Waals surface area contributed by atoms with Crippen LogP contribution in [0.15, 0.2) is 0 Å². The molecular weight excluding hydrogens is 218 g/mol. The summed E-state index contributed by atoms with van der Waals surface area (Å²) < 4.78 is 6.03. The summed E-state index contributed by atoms with van der Waals surface area (Å²) in [6, 6.07) is 0. The van der Waals surface area contributed by atoms with Crippen molar-refractivity contribution in [1.29, 1.82) is 0 Å². The van der Waals surface area contributed by atoms with Crippen molar-refractivity contribution in [3.05, 3.63) is 5.56 Å². The number of hydrogen-bond acceptors (Lipinski definition) is 6. The van der Waals surface area contributed by atoms with E-state index in [0.717, 1.165) is 44.3 Å². The monoisotopic (exact) mass is 235 g/mol. The second-order valence-electron chi connectivity index (χ2n) is 4.82. The lowest BCUT2D eigenvalue weighted by atomic mass is 9.90. The Bertz CT molecular complexity index is 440. The van der Waals surface area contributed by atoms with Crippen LogP contribution in [0.2, 0.25) is 0 Å². The maximum absolute atomic E-state index is 6.03. The zero-order chi connectivity index (χ0) is 11.9. The Morgan fingerprint density at radius 1 is 1.18 bits per heavy atom. The third-order valence-corrected chi connectivity index (χ3v) is 3.57. The van der Waals surface area contributed by atoms with Crippen molar-refractivity contribution >= 4 is 11.8 Å². The van der Waals surface area contributed by atoms with Crippen LogP contribution in [0, 0.1) is 0 Å². The molecule has 1 saturated heterocycles. The molecule has 0 saturated carbocycles. The van der Waals surface area contributed by atoms with Gasteiger partial charge in [0, 0.05) is 6.42 Å². The molecule has 0 amide bonds. The summed E-state index contributed by atoms with van der Waals surface area (Å²) in [5.41, 5.74) is 12.2. The SMILES string of the molecule is Nc1nc(N)c2c(n1)O[C@@]1(CCCNCC1)C2. The first-order chi connectivity index (χ1) is 8.19. The van der Waals surface area contributed by atoms with Crippen LogP contribution in [0.4, 0.5) is 11.8 Å². The molecule has 0 radical (unpaired) electrons. The Balaban J connectivity index is 1.93. The molecule has 92 valence electrons. The predicted molar refractivity (Wildman–Crippen MR) is 64.6 cm³/mol. The number of aromatic nitrogens is 2. The third kappa shape index (κ3) is 1.78. The van der Waals surface area contributed by atoms with E-state index in [9.17, 15) is 0 Å². The number of nitrogens with zero attached hydrogens (tertiary/aromatic N) is 2. The second-order valence-corrected chi connectivity index (χ2v) is 4.82. The summed E-state index contributed by atoms with van der Waals surface area (Å²) in [5, 5.41) is 3.38. The minimum atomic E-state index is -0.150. The van der Waals surface area contributed by atoms with Gasteiger partial charge in [-0.15, -0.1) is 0 Å². The fourth-order valence-corrected chi connectivity index (χ4v) is 2.69. The first kappa shape index (κ1) is 10.6. The van der Waals surface area contributed by atoms with E-state index in [1.165, 1.54) is 0 Å². The number of hydrogen-bond donors (Lipinski definition) is 3. The number of nitrogens with two attached hydrogens (primary N) is 2. The van der Waals surface area contributed by atoms with Gasteiger partial charge in [-0.3, -0.25) is 0 Å². The van der Waals surface area contributed by atoms with Crippen molar-refractivity contribution in [2.75, 3.05) is 24.6 Å². The van der Waals surface area contributed by atoms with Crippen LogP contribution in [0.1, 0.15) is 24.8 Å². The van der Waals surface area contributed by atoms with Crippen LogP contribution < -0.4 is 21.5 Å². The molecule has 6 nitrogen and oxygen atoms in total. The molecule has 5 N–H and O–H groups in total. The summed E-state index contributed by atoms with van der Waals surface area (Å²) in [6.45, 7) is 2.02. The predicted octanol–water partition coefficient (Wildman–Crippen LogP) is 0.0882. The molecule has 1 aromatic heterocycles. The molecule has 1 atom stereocenters. The summed E-state index contributed by atoms with van der Waals surface area (Å²) in [6.07, 6.45) is 3.91. The zero-order valence-corrected chi connectivity index (χ0v) is 9.70. The van der Waals surface area contributed by atoms with E-state index in [0.29, 0.717) is 11.7 Å². The van der Waals surface area contributed by atoms with Crippen LogP contribution in [0.5, 0.6) is 5.88 Å². The van der Waals surface area contributed by atoms with E-state index < -0.39 is 0 Å². The fourth-order valence-electron chi connectivity index (χ4n) is 2.69. The van der Waals surface area contributed by atoms with E-state index in [4.69, 9.17) is 16.2 Å². The Labute approximate surface area is 99.8 Å². The van der Waals surface area contributed by atoms with Crippen molar-refractivity contribution in [2.45, 2.75) is 31.3 Å². The molecule has 1 fully saturated rings. The quantitative estimate of drug-likeness (QED) is 0.589. The van der Waals surface area contributed by atoms with Crippen molar-refractivity contribution in [3.63, 3.8) is 0 Å². The highest BCUT2D eigenvalue weighted by molar-refractivity contribution is 5.52. The van der Waals surface area contributed by atoms with Crippen molar-refractivity contribution < 1.29 is 4.74 Å². The average molecular weight is 235 g/mol. The molecule has 3 rings (SSSR count). The van der Waals surface area contributed by atoms with E-state index >= 15 is 0 Å². The minimum absolute atomic E-state index is 0.150. The second kappa shape index (κ2) is 3.73. The molecule has 3 heterocycles. The van der Waals surface area contributed by atoms with Gasteiger partial charge in [0.05, 0.1) is 5.56 Å². The van der Waals surface area contributed by atoms with Crippen molar-refractivity contribution in [2.24, 2.45) is 0 Å². The van der Waals surface area contributed by atoms with Crippen LogP contribution in [0.3, 0.4) is 0 Å². The van der Waals surface area contributed by atoms with E-state index in [-0.39, 0.29) is 11.5 Å². The number of rotatable bonds is 0. The lowest BCUT2D eigenvalue weighted by molar-refractivity contribution is 0.0768. The fraction of sp³-hybridized carbons (Fsp3) is 0.636. The molecule has 1 spiro atoms. The smallest absolute Gasteiger partial charge is 0.225 e. The lowest BCUT2D eigenvalue weighted by Gasteiger charge is -2.26. The number of nitrogen functional groups attached to an aromatic ring is 2. The van der Waals surface area contributed by atoms with Gasteiger partial charge >= 0.3 is 0 Å². The summed E-state index contributed by atoms with van der Waals surface area (Å²) in [5.74, 6) is 1.23. The summed E-state index contributed by atoms with van der Waals surface area (Å²) in [7, 11) is 0. The first-order valence-electron chi connectivity index (χ1n) is 6.00. The molecule has 2 aliphatic heterocycles. The van der Waals surface area contributed by atoms with Crippen LogP contribution >= 0.6 is 0 Å². The van der Waals surface area contributed by atoms with Crippen LogP contribution in [-0.4, -0.2) is 28.7 Å². The van der Waals surface area contributed by atoms with Gasteiger partial charge in [0.25, 0.3) is 0 Å². The maximum atomic E-state index is 6.03. The van der Waals surface area contributed by atoms with E-state index in [1.54, 1.807) is 0 Å². The highest BCUT2D eigenvalue weighted by Gasteiger charge is 2.41. The third-order valence-electron chi connectivity index (χ3n) is 3.57. The van der Waals surface area contributed by atoms with Gasteiger partial charge < -0.3 is 21.5 Å². The topological polar surface area (TPSA) is 99.1 Å². The Hall–Kier alpha value is -1.56. The van der Waals surface area contributed by atoms with Crippen molar-refractivity contribution in [3.8, 4) is 5.88 Å². The number of fused-ring (bicyclic) bond motifs is 1. The number of nitrogens with one attached hydrogen (secondary N) is 1. The molecule has 0 unspecified atom stereocenters. The molecular formula is C11H17N5O. The van der Waals surface area contributed by atoms with Gasteiger partial charge in [0.15, 0.2) is 0 Å². The van der Waals surface area contributed by atoms with Gasteiger partial charge in [0.2, 0.25) is 11.8 Å². The maximum Gasteiger partial charge on any atom is 0.225 e. The Kier molecular flexibility index (Phi) is 2.32. The van der Waals surface area contributed by atoms with Gasteiger partial charge in [-0.2, -0.15) is 9.97 Å². The van der Waals surface area contributed by atoms with Gasteiger partial charge in [-0.25, -0.2) is 0 Å². The molecule has 0 aromatic carbocycles. The van der Waals surface area contributed by atoms with Gasteiger partial charge in [0.1, 0.15) is 11.4 Å². The van der Waals surface area contributed by atoms with E-state index in [2.05, 4.69) is 15.3 Å². The normalized spacial score (nSPS) is 27.5. The molecule has 2 aliphatic rings. The average Bonchev–Trinajstić information content (AvgIpc) is 2.47. The Morgan fingerprint density at radius 2 is 2.06 bits per heavy atom.